The number of carbonyl (C=O) groups is 2. The highest BCUT2D eigenvalue weighted by Crippen LogP contribution is 2.21. The molecule has 2 aromatic rings. The van der Waals surface area contributed by atoms with E-state index in [1.165, 1.54) is 0 Å². The van der Waals surface area contributed by atoms with Crippen molar-refractivity contribution in [1.29, 1.82) is 0 Å². The fourth-order valence-electron chi connectivity index (χ4n) is 2.49. The number of rotatable bonds is 5. The second-order valence-corrected chi connectivity index (χ2v) is 5.91. The molecular formula is C21H19NO4. The maximum Gasteiger partial charge on any atom is 0.363 e. The number of aliphatic imine (C=N–C) groups is 1. The molecule has 5 nitrogen and oxygen atoms in total. The van der Waals surface area contributed by atoms with Gasteiger partial charge in [-0.3, -0.25) is 0 Å². The summed E-state index contributed by atoms with van der Waals surface area (Å²) in [5.74, 6) is -0.542. The first-order valence-electron chi connectivity index (χ1n) is 8.44. The molecule has 1 aliphatic heterocycles. The predicted octanol–water partition coefficient (Wildman–Crippen LogP) is 3.91. The third kappa shape index (κ3) is 3.88. The van der Waals surface area contributed by atoms with Crippen LogP contribution in [0.3, 0.4) is 0 Å². The van der Waals surface area contributed by atoms with Crippen molar-refractivity contribution < 1.29 is 19.1 Å². The van der Waals surface area contributed by atoms with Gasteiger partial charge in [-0.15, -0.1) is 0 Å². The minimum Gasteiger partial charge on any atom is -0.462 e. The molecule has 0 fully saturated rings. The maximum absolute atomic E-state index is 12.1. The van der Waals surface area contributed by atoms with Gasteiger partial charge in [-0.1, -0.05) is 37.3 Å². The van der Waals surface area contributed by atoms with Gasteiger partial charge in [0, 0.05) is 5.56 Å². The number of nitrogens with zero attached hydrogens (tertiary/aromatic N) is 1. The molecule has 0 spiro atoms. The van der Waals surface area contributed by atoms with Crippen LogP contribution in [-0.2, 0) is 14.3 Å². The predicted molar refractivity (Wildman–Crippen MR) is 98.8 cm³/mol. The van der Waals surface area contributed by atoms with E-state index in [0.717, 1.165) is 23.1 Å². The van der Waals surface area contributed by atoms with E-state index < -0.39 is 5.97 Å². The summed E-state index contributed by atoms with van der Waals surface area (Å²) in [6.45, 7) is 4.27. The van der Waals surface area contributed by atoms with Crippen molar-refractivity contribution >= 4 is 23.9 Å². The first-order valence-corrected chi connectivity index (χ1v) is 8.44. The molecule has 0 saturated carbocycles. The van der Waals surface area contributed by atoms with Gasteiger partial charge >= 0.3 is 11.9 Å². The Balaban J connectivity index is 1.80. The second kappa shape index (κ2) is 7.78. The molecule has 0 aliphatic carbocycles. The highest BCUT2D eigenvalue weighted by atomic mass is 16.6. The Morgan fingerprint density at radius 1 is 1.15 bits per heavy atom. The molecule has 0 aromatic heterocycles. The van der Waals surface area contributed by atoms with Crippen LogP contribution < -0.4 is 0 Å². The number of benzene rings is 2. The van der Waals surface area contributed by atoms with Crippen LogP contribution in [0, 0.1) is 6.92 Å². The Bertz CT molecular complexity index is 894. The molecular weight excluding hydrogens is 330 g/mol. The molecule has 1 heterocycles. The van der Waals surface area contributed by atoms with E-state index in [1.807, 2.05) is 38.1 Å². The van der Waals surface area contributed by atoms with Gasteiger partial charge in [0.15, 0.2) is 5.70 Å². The summed E-state index contributed by atoms with van der Waals surface area (Å²) in [6.07, 6.45) is 2.41. The Hall–Kier alpha value is -3.21. The molecule has 0 N–H and O–H groups in total. The Kier molecular flexibility index (Phi) is 5.27. The molecule has 5 heteroatoms. The van der Waals surface area contributed by atoms with Crippen molar-refractivity contribution in [3.63, 3.8) is 0 Å². The van der Waals surface area contributed by atoms with Crippen LogP contribution in [0.2, 0.25) is 0 Å². The van der Waals surface area contributed by atoms with Crippen LogP contribution in [0.5, 0.6) is 0 Å². The summed E-state index contributed by atoms with van der Waals surface area (Å²) in [6, 6.07) is 14.4. The Morgan fingerprint density at radius 3 is 2.58 bits per heavy atom. The van der Waals surface area contributed by atoms with Gasteiger partial charge in [0.05, 0.1) is 12.2 Å². The number of hydrogen-bond acceptors (Lipinski definition) is 5. The third-order valence-electron chi connectivity index (χ3n) is 3.88. The summed E-state index contributed by atoms with van der Waals surface area (Å²) in [5, 5.41) is 0. The van der Waals surface area contributed by atoms with Gasteiger partial charge in [0.1, 0.15) is 0 Å². The first kappa shape index (κ1) is 17.6. The molecule has 0 amide bonds. The molecule has 132 valence electrons. The minimum absolute atomic E-state index is 0.226. The van der Waals surface area contributed by atoms with Crippen molar-refractivity contribution in [3.05, 3.63) is 76.5 Å². The largest absolute Gasteiger partial charge is 0.462 e. The van der Waals surface area contributed by atoms with Crippen LogP contribution in [0.4, 0.5) is 0 Å². The number of esters is 2. The van der Waals surface area contributed by atoms with Gasteiger partial charge in [0.2, 0.25) is 5.90 Å². The van der Waals surface area contributed by atoms with Gasteiger partial charge in [-0.2, -0.15) is 0 Å². The average Bonchev–Trinajstić information content (AvgIpc) is 3.01. The van der Waals surface area contributed by atoms with Crippen molar-refractivity contribution in [3.8, 4) is 0 Å². The third-order valence-corrected chi connectivity index (χ3v) is 3.88. The lowest BCUT2D eigenvalue weighted by Crippen LogP contribution is -2.06. The van der Waals surface area contributed by atoms with Gasteiger partial charge < -0.3 is 9.47 Å². The van der Waals surface area contributed by atoms with Crippen LogP contribution in [0.25, 0.3) is 6.08 Å². The normalized spacial score (nSPS) is 14.9. The first-order chi connectivity index (χ1) is 12.6. The minimum atomic E-state index is -0.491. The summed E-state index contributed by atoms with van der Waals surface area (Å²) in [4.78, 5) is 28.2. The lowest BCUT2D eigenvalue weighted by atomic mass is 10.1. The zero-order valence-electron chi connectivity index (χ0n) is 14.7. The zero-order valence-corrected chi connectivity index (χ0v) is 14.7. The maximum atomic E-state index is 12.1. The molecule has 3 rings (SSSR count). The topological polar surface area (TPSA) is 65.0 Å². The SMILES string of the molecule is CCCOC(=O)c1ccc(/C=C2\N=C(c3ccccc3C)OC2=O)cc1. The number of aryl methyl sites for hydroxylation is 1. The standard InChI is InChI=1S/C21H19NO4/c1-3-12-25-20(23)16-10-8-15(9-11-16)13-18-21(24)26-19(22-18)17-7-5-4-6-14(17)2/h4-11,13H,3,12H2,1-2H3/b18-13-. The number of hydrogen-bond donors (Lipinski definition) is 0. The lowest BCUT2D eigenvalue weighted by Gasteiger charge is -2.03. The van der Waals surface area contributed by atoms with Crippen LogP contribution >= 0.6 is 0 Å². The molecule has 0 radical (unpaired) electrons. The second-order valence-electron chi connectivity index (χ2n) is 5.91. The number of cyclic esters (lactones) is 1. The molecule has 0 atom stereocenters. The Morgan fingerprint density at radius 2 is 1.88 bits per heavy atom. The summed E-state index contributed by atoms with van der Waals surface area (Å²) < 4.78 is 10.4. The average molecular weight is 349 g/mol. The van der Waals surface area contributed by atoms with Crippen molar-refractivity contribution in [2.45, 2.75) is 20.3 Å². The molecule has 0 bridgehead atoms. The number of carbonyl (C=O) groups excluding carboxylic acids is 2. The van der Waals surface area contributed by atoms with Crippen LogP contribution in [-0.4, -0.2) is 24.4 Å². The van der Waals surface area contributed by atoms with E-state index in [4.69, 9.17) is 9.47 Å². The van der Waals surface area contributed by atoms with Crippen LogP contribution in [0.1, 0.15) is 40.4 Å². The van der Waals surface area contributed by atoms with E-state index in [2.05, 4.69) is 4.99 Å². The Labute approximate surface area is 152 Å². The molecule has 0 saturated heterocycles. The summed E-state index contributed by atoms with van der Waals surface area (Å²) in [5.41, 5.74) is 3.22. The molecule has 0 unspecified atom stereocenters. The lowest BCUT2D eigenvalue weighted by molar-refractivity contribution is -0.129. The smallest absolute Gasteiger partial charge is 0.363 e. The molecule has 26 heavy (non-hydrogen) atoms. The van der Waals surface area contributed by atoms with Gasteiger partial charge in [0.25, 0.3) is 0 Å². The summed E-state index contributed by atoms with van der Waals surface area (Å²) >= 11 is 0. The van der Waals surface area contributed by atoms with Gasteiger partial charge in [-0.05, 0) is 48.7 Å². The van der Waals surface area contributed by atoms with Gasteiger partial charge in [-0.25, -0.2) is 14.6 Å². The quantitative estimate of drug-likeness (QED) is 0.606. The van der Waals surface area contributed by atoms with E-state index in [0.29, 0.717) is 18.1 Å². The zero-order chi connectivity index (χ0) is 18.5. The monoisotopic (exact) mass is 349 g/mol. The van der Waals surface area contributed by atoms with Crippen molar-refractivity contribution in [2.75, 3.05) is 6.61 Å². The highest BCUT2D eigenvalue weighted by molar-refractivity contribution is 6.13. The fourth-order valence-corrected chi connectivity index (χ4v) is 2.49. The van der Waals surface area contributed by atoms with Crippen LogP contribution in [0.15, 0.2) is 59.2 Å². The summed E-state index contributed by atoms with van der Waals surface area (Å²) in [7, 11) is 0. The molecule has 2 aromatic carbocycles. The number of ether oxygens (including phenoxy) is 2. The van der Waals surface area contributed by atoms with E-state index in [1.54, 1.807) is 30.3 Å². The van der Waals surface area contributed by atoms with Crippen molar-refractivity contribution in [2.24, 2.45) is 4.99 Å². The van der Waals surface area contributed by atoms with Crippen molar-refractivity contribution in [1.82, 2.24) is 0 Å². The van der Waals surface area contributed by atoms with E-state index >= 15 is 0 Å². The molecule has 1 aliphatic rings. The van der Waals surface area contributed by atoms with E-state index in [9.17, 15) is 9.59 Å². The fraction of sp³-hybridized carbons (Fsp3) is 0.190. The van der Waals surface area contributed by atoms with E-state index in [-0.39, 0.29) is 11.7 Å². The highest BCUT2D eigenvalue weighted by Gasteiger charge is 2.24.